The van der Waals surface area contributed by atoms with Crippen LogP contribution in [0.25, 0.3) is 0 Å². The van der Waals surface area contributed by atoms with E-state index in [1.165, 1.54) is 6.07 Å². The van der Waals surface area contributed by atoms with Crippen LogP contribution in [0.3, 0.4) is 0 Å². The molecule has 1 unspecified atom stereocenters. The summed E-state index contributed by atoms with van der Waals surface area (Å²) in [6.07, 6.45) is 2.24. The van der Waals surface area contributed by atoms with Gasteiger partial charge in [0.25, 0.3) is 0 Å². The first-order chi connectivity index (χ1) is 8.09. The molecule has 0 aromatic heterocycles. The third-order valence-corrected chi connectivity index (χ3v) is 3.72. The average molecular weight is 302 g/mol. The summed E-state index contributed by atoms with van der Waals surface area (Å²) in [7, 11) is 0. The van der Waals surface area contributed by atoms with Crippen LogP contribution in [-0.4, -0.2) is 18.8 Å². The Balaban J connectivity index is 1.83. The van der Waals surface area contributed by atoms with E-state index in [9.17, 15) is 4.39 Å². The smallest absolute Gasteiger partial charge is 0.137 e. The predicted molar refractivity (Wildman–Crippen MR) is 69.4 cm³/mol. The van der Waals surface area contributed by atoms with Gasteiger partial charge in [0, 0.05) is 19.7 Å². The van der Waals surface area contributed by atoms with Crippen molar-refractivity contribution in [3.63, 3.8) is 0 Å². The molecule has 1 saturated heterocycles. The third-order valence-electron chi connectivity index (χ3n) is 3.11. The second-order valence-corrected chi connectivity index (χ2v) is 5.61. The zero-order chi connectivity index (χ0) is 12.3. The summed E-state index contributed by atoms with van der Waals surface area (Å²) in [5.74, 6) is -0.222. The lowest BCUT2D eigenvalue weighted by atomic mass is 10.0. The Morgan fingerprint density at radius 3 is 3.00 bits per heavy atom. The number of rotatable bonds is 4. The van der Waals surface area contributed by atoms with Gasteiger partial charge in [-0.15, -0.1) is 0 Å². The first-order valence-electron chi connectivity index (χ1n) is 5.88. The van der Waals surface area contributed by atoms with Crippen LogP contribution < -0.4 is 5.32 Å². The molecule has 1 aromatic carbocycles. The molecule has 0 radical (unpaired) electrons. The van der Waals surface area contributed by atoms with Crippen molar-refractivity contribution in [3.05, 3.63) is 34.1 Å². The number of ether oxygens (including phenoxy) is 1. The molecule has 2 rings (SSSR count). The van der Waals surface area contributed by atoms with Gasteiger partial charge in [-0.25, -0.2) is 4.39 Å². The van der Waals surface area contributed by atoms with Gasteiger partial charge >= 0.3 is 0 Å². The molecule has 17 heavy (non-hydrogen) atoms. The third kappa shape index (κ3) is 3.50. The topological polar surface area (TPSA) is 21.3 Å². The van der Waals surface area contributed by atoms with Gasteiger partial charge in [-0.3, -0.25) is 0 Å². The Bertz CT molecular complexity index is 391. The highest BCUT2D eigenvalue weighted by molar-refractivity contribution is 9.10. The second kappa shape index (κ2) is 5.46. The number of benzene rings is 1. The SMILES string of the molecule is CC1(CNCc2ccc(F)c(Br)c2)CCCO1. The lowest BCUT2D eigenvalue weighted by molar-refractivity contribution is 0.0207. The fraction of sp³-hybridized carbons (Fsp3) is 0.538. The molecular weight excluding hydrogens is 285 g/mol. The Morgan fingerprint density at radius 1 is 1.53 bits per heavy atom. The van der Waals surface area contributed by atoms with Crippen LogP contribution in [0.15, 0.2) is 22.7 Å². The lowest BCUT2D eigenvalue weighted by Crippen LogP contribution is -2.36. The standard InChI is InChI=1S/C13H17BrFNO/c1-13(5-2-6-17-13)9-16-8-10-3-4-12(15)11(14)7-10/h3-4,7,16H,2,5-6,8-9H2,1H3. The highest BCUT2D eigenvalue weighted by atomic mass is 79.9. The summed E-state index contributed by atoms with van der Waals surface area (Å²) in [5, 5.41) is 3.36. The highest BCUT2D eigenvalue weighted by Gasteiger charge is 2.28. The minimum atomic E-state index is -0.222. The van der Waals surface area contributed by atoms with Crippen molar-refractivity contribution in [1.29, 1.82) is 0 Å². The van der Waals surface area contributed by atoms with E-state index in [1.807, 2.05) is 0 Å². The van der Waals surface area contributed by atoms with Crippen molar-refractivity contribution < 1.29 is 9.13 Å². The van der Waals surface area contributed by atoms with Gasteiger partial charge in [-0.05, 0) is 53.4 Å². The van der Waals surface area contributed by atoms with Crippen molar-refractivity contribution in [1.82, 2.24) is 5.32 Å². The monoisotopic (exact) mass is 301 g/mol. The number of hydrogen-bond acceptors (Lipinski definition) is 2. The molecule has 4 heteroatoms. The average Bonchev–Trinajstić information content (AvgIpc) is 2.71. The fourth-order valence-electron chi connectivity index (χ4n) is 2.10. The van der Waals surface area contributed by atoms with E-state index < -0.39 is 0 Å². The first-order valence-corrected chi connectivity index (χ1v) is 6.67. The van der Waals surface area contributed by atoms with E-state index in [1.54, 1.807) is 12.1 Å². The normalized spacial score (nSPS) is 24.2. The van der Waals surface area contributed by atoms with Gasteiger partial charge in [-0.1, -0.05) is 6.07 Å². The number of nitrogens with one attached hydrogen (secondary N) is 1. The van der Waals surface area contributed by atoms with E-state index >= 15 is 0 Å². The molecular formula is C13H17BrFNO. The zero-order valence-electron chi connectivity index (χ0n) is 9.93. The lowest BCUT2D eigenvalue weighted by Gasteiger charge is -2.23. The van der Waals surface area contributed by atoms with Gasteiger partial charge < -0.3 is 10.1 Å². The quantitative estimate of drug-likeness (QED) is 0.922. The largest absolute Gasteiger partial charge is 0.374 e. The minimum Gasteiger partial charge on any atom is -0.374 e. The van der Waals surface area contributed by atoms with Crippen LogP contribution in [0.1, 0.15) is 25.3 Å². The molecule has 1 aromatic rings. The van der Waals surface area contributed by atoms with Crippen molar-refractivity contribution in [2.24, 2.45) is 0 Å². The van der Waals surface area contributed by atoms with E-state index in [0.29, 0.717) is 4.47 Å². The molecule has 0 bridgehead atoms. The molecule has 1 atom stereocenters. The number of halogens is 2. The Kier molecular flexibility index (Phi) is 4.17. The van der Waals surface area contributed by atoms with E-state index in [0.717, 1.165) is 38.1 Å². The van der Waals surface area contributed by atoms with Gasteiger partial charge in [0.1, 0.15) is 5.82 Å². The molecule has 1 heterocycles. The number of hydrogen-bond donors (Lipinski definition) is 1. The van der Waals surface area contributed by atoms with Crippen LogP contribution >= 0.6 is 15.9 Å². The molecule has 0 aliphatic carbocycles. The molecule has 0 spiro atoms. The molecule has 2 nitrogen and oxygen atoms in total. The Hall–Kier alpha value is -0.450. The Labute approximate surface area is 110 Å². The summed E-state index contributed by atoms with van der Waals surface area (Å²) in [4.78, 5) is 0. The first kappa shape index (κ1) is 13.0. The van der Waals surface area contributed by atoms with Gasteiger partial charge in [0.05, 0.1) is 10.1 Å². The van der Waals surface area contributed by atoms with Crippen LogP contribution in [0.2, 0.25) is 0 Å². The Morgan fingerprint density at radius 2 is 2.35 bits per heavy atom. The van der Waals surface area contributed by atoms with E-state index in [2.05, 4.69) is 28.2 Å². The van der Waals surface area contributed by atoms with Crippen molar-refractivity contribution in [3.8, 4) is 0 Å². The summed E-state index contributed by atoms with van der Waals surface area (Å²) in [6.45, 7) is 4.56. The predicted octanol–water partition coefficient (Wildman–Crippen LogP) is 3.25. The molecule has 0 saturated carbocycles. The maximum atomic E-state index is 13.0. The van der Waals surface area contributed by atoms with Crippen molar-refractivity contribution >= 4 is 15.9 Å². The van der Waals surface area contributed by atoms with Crippen LogP contribution in [0, 0.1) is 5.82 Å². The maximum absolute atomic E-state index is 13.0. The summed E-state index contributed by atoms with van der Waals surface area (Å²) in [5.41, 5.74) is 1.04. The summed E-state index contributed by atoms with van der Waals surface area (Å²) < 4.78 is 19.2. The highest BCUT2D eigenvalue weighted by Crippen LogP contribution is 2.24. The summed E-state index contributed by atoms with van der Waals surface area (Å²) in [6, 6.07) is 5.08. The van der Waals surface area contributed by atoms with Crippen molar-refractivity contribution in [2.75, 3.05) is 13.2 Å². The van der Waals surface area contributed by atoms with Gasteiger partial charge in [-0.2, -0.15) is 0 Å². The minimum absolute atomic E-state index is 0.0305. The molecule has 1 N–H and O–H groups in total. The van der Waals surface area contributed by atoms with Crippen molar-refractivity contribution in [2.45, 2.75) is 31.9 Å². The molecule has 1 fully saturated rings. The fourth-order valence-corrected chi connectivity index (χ4v) is 2.52. The zero-order valence-corrected chi connectivity index (χ0v) is 11.5. The second-order valence-electron chi connectivity index (χ2n) is 4.75. The molecule has 94 valence electrons. The molecule has 1 aliphatic heterocycles. The maximum Gasteiger partial charge on any atom is 0.137 e. The van der Waals surface area contributed by atoms with E-state index in [4.69, 9.17) is 4.74 Å². The van der Waals surface area contributed by atoms with E-state index in [-0.39, 0.29) is 11.4 Å². The van der Waals surface area contributed by atoms with Gasteiger partial charge in [0.2, 0.25) is 0 Å². The van der Waals surface area contributed by atoms with Crippen LogP contribution in [0.5, 0.6) is 0 Å². The molecule has 1 aliphatic rings. The van der Waals surface area contributed by atoms with Crippen LogP contribution in [0.4, 0.5) is 4.39 Å². The summed E-state index contributed by atoms with van der Waals surface area (Å²) >= 11 is 3.19. The van der Waals surface area contributed by atoms with Crippen LogP contribution in [-0.2, 0) is 11.3 Å². The molecule has 0 amide bonds. The van der Waals surface area contributed by atoms with Gasteiger partial charge in [0.15, 0.2) is 0 Å².